The van der Waals surface area contributed by atoms with Gasteiger partial charge in [0.15, 0.2) is 0 Å². The van der Waals surface area contributed by atoms with Crippen molar-refractivity contribution in [1.29, 1.82) is 0 Å². The Morgan fingerprint density at radius 2 is 1.84 bits per heavy atom. The van der Waals surface area contributed by atoms with Gasteiger partial charge >= 0.3 is 5.97 Å². The predicted molar refractivity (Wildman–Crippen MR) is 69.8 cm³/mol. The molecule has 0 spiro atoms. The molecule has 0 aromatic heterocycles. The quantitative estimate of drug-likeness (QED) is 0.762. The largest absolute Gasteiger partial charge is 0.481 e. The summed E-state index contributed by atoms with van der Waals surface area (Å²) in [6.45, 7) is 0.864. The van der Waals surface area contributed by atoms with Gasteiger partial charge in [0.05, 0.1) is 5.41 Å². The number of carboxylic acids is 1. The summed E-state index contributed by atoms with van der Waals surface area (Å²) in [6.07, 6.45) is 6.64. The second-order valence-corrected chi connectivity index (χ2v) is 5.72. The number of rotatable bonds is 4. The molecule has 19 heavy (non-hydrogen) atoms. The molecule has 1 saturated carbocycles. The molecule has 2 N–H and O–H groups in total. The number of ether oxygens (including phenoxy) is 1. The van der Waals surface area contributed by atoms with Crippen LogP contribution in [0.5, 0.6) is 0 Å². The maximum atomic E-state index is 11.9. The molecule has 1 unspecified atom stereocenters. The molecular formula is C14H23NO4. The van der Waals surface area contributed by atoms with Gasteiger partial charge in [0.1, 0.15) is 6.10 Å². The van der Waals surface area contributed by atoms with E-state index >= 15 is 0 Å². The van der Waals surface area contributed by atoms with Crippen LogP contribution in [0.2, 0.25) is 0 Å². The summed E-state index contributed by atoms with van der Waals surface area (Å²) in [5.74, 6) is -0.926. The highest BCUT2D eigenvalue weighted by Crippen LogP contribution is 2.34. The zero-order chi connectivity index (χ0) is 13.7. The molecule has 0 radical (unpaired) electrons. The van der Waals surface area contributed by atoms with E-state index in [1.807, 2.05) is 0 Å². The van der Waals surface area contributed by atoms with Gasteiger partial charge in [-0.3, -0.25) is 9.59 Å². The molecule has 1 aliphatic carbocycles. The van der Waals surface area contributed by atoms with Crippen LogP contribution >= 0.6 is 0 Å². The molecule has 0 aromatic rings. The SMILES string of the molecule is O=C(NCC1(C(=O)O)CCCCCC1)C1CCCO1. The highest BCUT2D eigenvalue weighted by molar-refractivity contribution is 5.82. The lowest BCUT2D eigenvalue weighted by Crippen LogP contribution is -2.45. The lowest BCUT2D eigenvalue weighted by atomic mass is 9.80. The van der Waals surface area contributed by atoms with Gasteiger partial charge in [-0.05, 0) is 25.7 Å². The Hall–Kier alpha value is -1.10. The second kappa shape index (κ2) is 6.37. The van der Waals surface area contributed by atoms with Crippen molar-refractivity contribution in [2.45, 2.75) is 57.5 Å². The van der Waals surface area contributed by atoms with E-state index in [1.54, 1.807) is 0 Å². The first-order valence-electron chi connectivity index (χ1n) is 7.27. The fourth-order valence-electron chi connectivity index (χ4n) is 3.03. The number of aliphatic carboxylic acids is 1. The molecule has 1 saturated heterocycles. The third-order valence-corrected chi connectivity index (χ3v) is 4.34. The lowest BCUT2D eigenvalue weighted by molar-refractivity contribution is -0.150. The Labute approximate surface area is 113 Å². The van der Waals surface area contributed by atoms with Gasteiger partial charge in [0.25, 0.3) is 0 Å². The fourth-order valence-corrected chi connectivity index (χ4v) is 3.03. The van der Waals surface area contributed by atoms with Gasteiger partial charge in [0, 0.05) is 13.2 Å². The maximum absolute atomic E-state index is 11.9. The average molecular weight is 269 g/mol. The summed E-state index contributed by atoms with van der Waals surface area (Å²) < 4.78 is 5.31. The monoisotopic (exact) mass is 269 g/mol. The topological polar surface area (TPSA) is 75.6 Å². The smallest absolute Gasteiger partial charge is 0.311 e. The van der Waals surface area contributed by atoms with Gasteiger partial charge < -0.3 is 15.2 Å². The molecule has 2 aliphatic rings. The molecule has 2 rings (SSSR count). The Balaban J connectivity index is 1.92. The highest BCUT2D eigenvalue weighted by atomic mass is 16.5. The first kappa shape index (κ1) is 14.3. The summed E-state index contributed by atoms with van der Waals surface area (Å²) in [6, 6.07) is 0. The van der Waals surface area contributed by atoms with Gasteiger partial charge in [-0.2, -0.15) is 0 Å². The summed E-state index contributed by atoms with van der Waals surface area (Å²) in [4.78, 5) is 23.5. The average Bonchev–Trinajstić information content (AvgIpc) is 2.82. The third kappa shape index (κ3) is 3.47. The molecule has 1 aliphatic heterocycles. The zero-order valence-electron chi connectivity index (χ0n) is 11.3. The fraction of sp³-hybridized carbons (Fsp3) is 0.857. The summed E-state index contributed by atoms with van der Waals surface area (Å²) in [5, 5.41) is 12.3. The second-order valence-electron chi connectivity index (χ2n) is 5.72. The first-order valence-corrected chi connectivity index (χ1v) is 7.27. The lowest BCUT2D eigenvalue weighted by Gasteiger charge is -2.28. The number of nitrogens with one attached hydrogen (secondary N) is 1. The summed E-state index contributed by atoms with van der Waals surface area (Å²) in [5.41, 5.74) is -0.773. The molecule has 1 atom stereocenters. The van der Waals surface area contributed by atoms with Crippen LogP contribution in [0.15, 0.2) is 0 Å². The van der Waals surface area contributed by atoms with Crippen molar-refractivity contribution < 1.29 is 19.4 Å². The first-order chi connectivity index (χ1) is 9.14. The van der Waals surface area contributed by atoms with Gasteiger partial charge in [0.2, 0.25) is 5.91 Å². The normalized spacial score (nSPS) is 26.6. The molecule has 1 amide bonds. The minimum atomic E-state index is -0.776. The predicted octanol–water partition coefficient (Wildman–Crippen LogP) is 1.71. The molecule has 5 heteroatoms. The maximum Gasteiger partial charge on any atom is 0.311 e. The molecule has 5 nitrogen and oxygen atoms in total. The standard InChI is InChI=1S/C14H23NO4/c16-12(11-6-5-9-19-11)15-10-14(13(17)18)7-3-1-2-4-8-14/h11H,1-10H2,(H,15,16)(H,17,18). The summed E-state index contributed by atoms with van der Waals surface area (Å²) >= 11 is 0. The van der Waals surface area contributed by atoms with E-state index in [2.05, 4.69) is 5.32 Å². The Bertz CT molecular complexity index is 328. The number of hydrogen-bond acceptors (Lipinski definition) is 3. The van der Waals surface area contributed by atoms with Crippen LogP contribution in [0.3, 0.4) is 0 Å². The number of carbonyl (C=O) groups excluding carboxylic acids is 1. The van der Waals surface area contributed by atoms with E-state index in [1.165, 1.54) is 0 Å². The highest BCUT2D eigenvalue weighted by Gasteiger charge is 2.39. The Morgan fingerprint density at radius 3 is 2.37 bits per heavy atom. The van der Waals surface area contributed by atoms with Crippen LogP contribution in [-0.4, -0.2) is 36.2 Å². The Morgan fingerprint density at radius 1 is 1.16 bits per heavy atom. The van der Waals surface area contributed by atoms with E-state index in [9.17, 15) is 14.7 Å². The van der Waals surface area contributed by atoms with E-state index in [-0.39, 0.29) is 18.6 Å². The van der Waals surface area contributed by atoms with Crippen LogP contribution in [-0.2, 0) is 14.3 Å². The zero-order valence-corrected chi connectivity index (χ0v) is 11.3. The van der Waals surface area contributed by atoms with Crippen molar-refractivity contribution in [3.63, 3.8) is 0 Å². The van der Waals surface area contributed by atoms with E-state index < -0.39 is 11.4 Å². The number of carbonyl (C=O) groups is 2. The van der Waals surface area contributed by atoms with E-state index in [0.29, 0.717) is 19.4 Å². The molecule has 2 fully saturated rings. The molecule has 108 valence electrons. The van der Waals surface area contributed by atoms with Crippen LogP contribution < -0.4 is 5.32 Å². The number of carboxylic acid groups (broad SMARTS) is 1. The van der Waals surface area contributed by atoms with Crippen molar-refractivity contribution in [1.82, 2.24) is 5.32 Å². The van der Waals surface area contributed by atoms with Crippen molar-refractivity contribution in [3.8, 4) is 0 Å². The van der Waals surface area contributed by atoms with Gasteiger partial charge in [-0.1, -0.05) is 25.7 Å². The van der Waals surface area contributed by atoms with Crippen molar-refractivity contribution >= 4 is 11.9 Å². The van der Waals surface area contributed by atoms with Crippen LogP contribution in [0, 0.1) is 5.41 Å². The van der Waals surface area contributed by atoms with Gasteiger partial charge in [-0.25, -0.2) is 0 Å². The Kier molecular flexibility index (Phi) is 4.80. The number of hydrogen-bond donors (Lipinski definition) is 2. The van der Waals surface area contributed by atoms with Crippen LogP contribution in [0.25, 0.3) is 0 Å². The number of amides is 1. The molecular weight excluding hydrogens is 246 g/mol. The van der Waals surface area contributed by atoms with Gasteiger partial charge in [-0.15, -0.1) is 0 Å². The van der Waals surface area contributed by atoms with Crippen molar-refractivity contribution in [3.05, 3.63) is 0 Å². The van der Waals surface area contributed by atoms with Crippen molar-refractivity contribution in [2.24, 2.45) is 5.41 Å². The summed E-state index contributed by atoms with van der Waals surface area (Å²) in [7, 11) is 0. The van der Waals surface area contributed by atoms with Crippen molar-refractivity contribution in [2.75, 3.05) is 13.2 Å². The molecule has 0 bridgehead atoms. The van der Waals surface area contributed by atoms with Crippen LogP contribution in [0.1, 0.15) is 51.4 Å². The van der Waals surface area contributed by atoms with E-state index in [4.69, 9.17) is 4.74 Å². The van der Waals surface area contributed by atoms with Crippen LogP contribution in [0.4, 0.5) is 0 Å². The molecule has 0 aromatic carbocycles. The minimum Gasteiger partial charge on any atom is -0.481 e. The van der Waals surface area contributed by atoms with E-state index in [0.717, 1.165) is 38.5 Å². The minimum absolute atomic E-state index is 0.151. The molecule has 1 heterocycles. The third-order valence-electron chi connectivity index (χ3n) is 4.34.